The summed E-state index contributed by atoms with van der Waals surface area (Å²) in [4.78, 5) is 7.77. The zero-order chi connectivity index (χ0) is 20.2. The summed E-state index contributed by atoms with van der Waals surface area (Å²) in [6.45, 7) is 1.09. The van der Waals surface area contributed by atoms with Gasteiger partial charge in [-0.2, -0.15) is 0 Å². The minimum absolute atomic E-state index is 0.160. The topological polar surface area (TPSA) is 92.1 Å². The van der Waals surface area contributed by atoms with Crippen LogP contribution in [0.5, 0.6) is 0 Å². The van der Waals surface area contributed by atoms with Gasteiger partial charge in [-0.3, -0.25) is 0 Å². The van der Waals surface area contributed by atoms with E-state index in [1.165, 1.54) is 6.07 Å². The average molecular weight is 415 g/mol. The molecule has 0 radical (unpaired) electrons. The molecule has 2 fully saturated rings. The SMILES string of the molecule is Nc1ccc(F)c(-c2ccnc3[nH]c(C4CCN(S(=O)(=O)C5CC5)CC4)cc23)c1. The van der Waals surface area contributed by atoms with Crippen molar-refractivity contribution in [3.63, 3.8) is 0 Å². The van der Waals surface area contributed by atoms with Crippen molar-refractivity contribution in [2.45, 2.75) is 36.9 Å². The summed E-state index contributed by atoms with van der Waals surface area (Å²) in [6.07, 6.45) is 4.77. The fraction of sp³-hybridized carbons (Fsp3) is 0.381. The Bertz CT molecular complexity index is 1180. The van der Waals surface area contributed by atoms with Gasteiger partial charge in [0, 0.05) is 47.5 Å². The predicted molar refractivity (Wildman–Crippen MR) is 111 cm³/mol. The van der Waals surface area contributed by atoms with E-state index in [9.17, 15) is 12.8 Å². The van der Waals surface area contributed by atoms with Crippen LogP contribution < -0.4 is 5.73 Å². The Balaban J connectivity index is 1.43. The predicted octanol–water partition coefficient (Wildman–Crippen LogP) is 3.62. The summed E-state index contributed by atoms with van der Waals surface area (Å²) in [7, 11) is -3.11. The van der Waals surface area contributed by atoms with E-state index < -0.39 is 10.0 Å². The smallest absolute Gasteiger partial charge is 0.216 e. The highest BCUT2D eigenvalue weighted by molar-refractivity contribution is 7.90. The summed E-state index contributed by atoms with van der Waals surface area (Å²) in [5, 5.41) is 0.687. The number of anilines is 1. The van der Waals surface area contributed by atoms with Crippen LogP contribution in [-0.2, 0) is 10.0 Å². The Morgan fingerprint density at radius 2 is 1.83 bits per heavy atom. The molecule has 3 heterocycles. The lowest BCUT2D eigenvalue weighted by molar-refractivity contribution is 0.317. The number of sulfonamides is 1. The second-order valence-electron chi connectivity index (χ2n) is 8.00. The Morgan fingerprint density at radius 3 is 2.55 bits per heavy atom. The first-order valence-corrected chi connectivity index (χ1v) is 11.5. The van der Waals surface area contributed by atoms with Gasteiger partial charge in [-0.25, -0.2) is 22.1 Å². The lowest BCUT2D eigenvalue weighted by atomic mass is 9.94. The van der Waals surface area contributed by atoms with Crippen molar-refractivity contribution in [2.24, 2.45) is 0 Å². The number of aromatic nitrogens is 2. The Kier molecular flexibility index (Phi) is 4.36. The fourth-order valence-corrected chi connectivity index (χ4v) is 6.12. The van der Waals surface area contributed by atoms with Crippen LogP contribution in [-0.4, -0.2) is 41.0 Å². The molecule has 0 spiro atoms. The molecule has 3 N–H and O–H groups in total. The molecule has 152 valence electrons. The number of piperidine rings is 1. The molecule has 2 aliphatic rings. The normalized spacial score (nSPS) is 19.1. The van der Waals surface area contributed by atoms with Crippen molar-refractivity contribution < 1.29 is 12.8 Å². The van der Waals surface area contributed by atoms with Crippen LogP contribution in [0.15, 0.2) is 36.5 Å². The van der Waals surface area contributed by atoms with E-state index in [1.54, 1.807) is 28.7 Å². The van der Waals surface area contributed by atoms with Crippen LogP contribution in [0.1, 0.15) is 37.3 Å². The Hall–Kier alpha value is -2.45. The second-order valence-corrected chi connectivity index (χ2v) is 10.2. The maximum Gasteiger partial charge on any atom is 0.216 e. The number of fused-ring (bicyclic) bond motifs is 1. The first-order valence-electron chi connectivity index (χ1n) is 9.95. The molecule has 0 bridgehead atoms. The van der Waals surface area contributed by atoms with E-state index in [2.05, 4.69) is 9.97 Å². The van der Waals surface area contributed by atoms with Crippen LogP contribution in [0, 0.1) is 5.82 Å². The minimum atomic E-state index is -3.11. The molecule has 8 heteroatoms. The molecule has 0 atom stereocenters. The fourth-order valence-electron chi connectivity index (χ4n) is 4.25. The number of pyridine rings is 1. The molecule has 3 aromatic rings. The number of H-pyrrole nitrogens is 1. The molecule has 1 aromatic carbocycles. The van der Waals surface area contributed by atoms with Crippen LogP contribution in [0.25, 0.3) is 22.2 Å². The van der Waals surface area contributed by atoms with Crippen molar-refractivity contribution in [3.8, 4) is 11.1 Å². The highest BCUT2D eigenvalue weighted by atomic mass is 32.2. The number of benzene rings is 1. The van der Waals surface area contributed by atoms with E-state index in [0.717, 1.165) is 42.3 Å². The van der Waals surface area contributed by atoms with E-state index in [4.69, 9.17) is 5.73 Å². The van der Waals surface area contributed by atoms with Crippen molar-refractivity contribution in [1.82, 2.24) is 14.3 Å². The third-order valence-electron chi connectivity index (χ3n) is 6.03. The zero-order valence-corrected chi connectivity index (χ0v) is 16.8. The number of nitrogens with zero attached hydrogens (tertiary/aromatic N) is 2. The maximum atomic E-state index is 14.4. The van der Waals surface area contributed by atoms with E-state index in [-0.39, 0.29) is 17.0 Å². The van der Waals surface area contributed by atoms with Gasteiger partial charge in [0.25, 0.3) is 0 Å². The molecule has 1 aliphatic heterocycles. The van der Waals surface area contributed by atoms with Crippen LogP contribution in [0.2, 0.25) is 0 Å². The zero-order valence-electron chi connectivity index (χ0n) is 15.9. The van der Waals surface area contributed by atoms with Crippen LogP contribution >= 0.6 is 0 Å². The van der Waals surface area contributed by atoms with E-state index in [1.807, 2.05) is 6.07 Å². The van der Waals surface area contributed by atoms with Crippen LogP contribution in [0.3, 0.4) is 0 Å². The average Bonchev–Trinajstić information content (AvgIpc) is 3.49. The van der Waals surface area contributed by atoms with E-state index in [0.29, 0.717) is 30.0 Å². The van der Waals surface area contributed by atoms with Crippen molar-refractivity contribution in [3.05, 3.63) is 48.0 Å². The number of halogens is 1. The lowest BCUT2D eigenvalue weighted by Crippen LogP contribution is -2.39. The molecular formula is C21H23FN4O2S. The first-order chi connectivity index (χ1) is 13.9. The molecule has 1 saturated carbocycles. The molecule has 0 unspecified atom stereocenters. The van der Waals surface area contributed by atoms with Gasteiger partial charge in [0.2, 0.25) is 10.0 Å². The number of aromatic amines is 1. The van der Waals surface area contributed by atoms with Crippen LogP contribution in [0.4, 0.5) is 10.1 Å². The molecule has 2 aromatic heterocycles. The number of nitrogens with one attached hydrogen (secondary N) is 1. The summed E-state index contributed by atoms with van der Waals surface area (Å²) in [5.41, 5.74) is 9.29. The van der Waals surface area contributed by atoms with E-state index >= 15 is 0 Å². The monoisotopic (exact) mass is 414 g/mol. The third kappa shape index (κ3) is 3.30. The molecule has 6 nitrogen and oxygen atoms in total. The standard InChI is InChI=1S/C21H23FN4O2S/c22-19-4-1-14(23)11-17(19)16-5-8-24-21-18(16)12-20(25-21)13-6-9-26(10-7-13)29(27,28)15-2-3-15/h1,4-5,8,11-13,15H,2-3,6-7,9-10,23H2,(H,24,25). The summed E-state index contributed by atoms with van der Waals surface area (Å²) in [5.74, 6) is -0.0959. The Labute approximate surface area is 169 Å². The lowest BCUT2D eigenvalue weighted by Gasteiger charge is -2.30. The summed E-state index contributed by atoms with van der Waals surface area (Å²) < 4.78 is 41.0. The van der Waals surface area contributed by atoms with Gasteiger partial charge >= 0.3 is 0 Å². The van der Waals surface area contributed by atoms with Gasteiger partial charge in [0.1, 0.15) is 11.5 Å². The third-order valence-corrected chi connectivity index (χ3v) is 8.43. The molecule has 1 saturated heterocycles. The van der Waals surface area contributed by atoms with Crippen molar-refractivity contribution >= 4 is 26.7 Å². The number of rotatable bonds is 4. The second kappa shape index (κ2) is 6.81. The highest BCUT2D eigenvalue weighted by Crippen LogP contribution is 2.37. The number of nitrogens with two attached hydrogens (primary N) is 1. The molecule has 29 heavy (non-hydrogen) atoms. The largest absolute Gasteiger partial charge is 0.399 e. The quantitative estimate of drug-likeness (QED) is 0.638. The van der Waals surface area contributed by atoms with Gasteiger partial charge in [-0.05, 0) is 61.6 Å². The maximum absolute atomic E-state index is 14.4. The van der Waals surface area contributed by atoms with Gasteiger partial charge in [-0.15, -0.1) is 0 Å². The molecule has 5 rings (SSSR count). The van der Waals surface area contributed by atoms with Gasteiger partial charge in [-0.1, -0.05) is 0 Å². The molecule has 1 aliphatic carbocycles. The first kappa shape index (κ1) is 18.6. The number of hydrogen-bond acceptors (Lipinski definition) is 4. The Morgan fingerprint density at radius 1 is 1.07 bits per heavy atom. The molecule has 0 amide bonds. The highest BCUT2D eigenvalue weighted by Gasteiger charge is 2.41. The molecular weight excluding hydrogens is 391 g/mol. The summed E-state index contributed by atoms with van der Waals surface area (Å²) >= 11 is 0. The van der Waals surface area contributed by atoms with Crippen molar-refractivity contribution in [1.29, 1.82) is 0 Å². The van der Waals surface area contributed by atoms with Gasteiger partial charge in [0.15, 0.2) is 0 Å². The van der Waals surface area contributed by atoms with Gasteiger partial charge < -0.3 is 10.7 Å². The number of hydrogen-bond donors (Lipinski definition) is 2. The van der Waals surface area contributed by atoms with Crippen molar-refractivity contribution in [2.75, 3.05) is 18.8 Å². The summed E-state index contributed by atoms with van der Waals surface area (Å²) in [6, 6.07) is 8.38. The number of nitrogen functional groups attached to an aromatic ring is 1. The van der Waals surface area contributed by atoms with Gasteiger partial charge in [0.05, 0.1) is 5.25 Å². The minimum Gasteiger partial charge on any atom is -0.399 e.